The van der Waals surface area contributed by atoms with Crippen molar-refractivity contribution in [2.24, 2.45) is 0 Å². The van der Waals surface area contributed by atoms with Crippen LogP contribution in [-0.4, -0.2) is 16.1 Å². The highest BCUT2D eigenvalue weighted by atomic mass is 79.9. The first-order valence-corrected chi connectivity index (χ1v) is 5.77. The Labute approximate surface area is 112 Å². The molecule has 0 radical (unpaired) electrons. The third-order valence-electron chi connectivity index (χ3n) is 2.20. The molecule has 88 valence electrons. The molecule has 1 heterocycles. The number of amides is 1. The number of benzene rings is 1. The summed E-state index contributed by atoms with van der Waals surface area (Å²) in [6.45, 7) is 0. The van der Waals surface area contributed by atoms with E-state index in [1.54, 1.807) is 24.3 Å². The predicted octanol–water partition coefficient (Wildman–Crippen LogP) is 2.36. The fourth-order valence-corrected chi connectivity index (χ4v) is 1.70. The molecule has 2 aromatic rings. The van der Waals surface area contributed by atoms with E-state index in [4.69, 9.17) is 5.26 Å². The highest BCUT2D eigenvalue weighted by Gasteiger charge is 2.09. The van der Waals surface area contributed by atoms with E-state index in [0.29, 0.717) is 16.8 Å². The molecule has 0 aliphatic carbocycles. The molecule has 0 fully saturated rings. The lowest BCUT2D eigenvalue weighted by Crippen LogP contribution is -2.13. The van der Waals surface area contributed by atoms with E-state index >= 15 is 0 Å². The van der Waals surface area contributed by atoms with Gasteiger partial charge in [-0.25, -0.2) is 0 Å². The predicted molar refractivity (Wildman–Crippen MR) is 68.8 cm³/mol. The third-order valence-corrected chi connectivity index (χ3v) is 2.69. The van der Waals surface area contributed by atoms with Crippen LogP contribution in [0.5, 0.6) is 0 Å². The average Bonchev–Trinajstić information content (AvgIpc) is 2.40. The van der Waals surface area contributed by atoms with Gasteiger partial charge in [-0.1, -0.05) is 15.9 Å². The van der Waals surface area contributed by atoms with E-state index in [-0.39, 0.29) is 5.91 Å². The molecular formula is C12H7BrN4O. The van der Waals surface area contributed by atoms with Crippen LogP contribution < -0.4 is 5.32 Å². The highest BCUT2D eigenvalue weighted by Crippen LogP contribution is 2.21. The first-order chi connectivity index (χ1) is 8.70. The normalized spacial score (nSPS) is 9.56. The van der Waals surface area contributed by atoms with Crippen LogP contribution in [0.25, 0.3) is 0 Å². The number of hydrogen-bond acceptors (Lipinski definition) is 4. The minimum Gasteiger partial charge on any atom is -0.321 e. The van der Waals surface area contributed by atoms with Gasteiger partial charge in [0.2, 0.25) is 0 Å². The number of nitrogens with one attached hydrogen (secondary N) is 1. The standard InChI is InChI=1S/C12H7BrN4O/c13-10-2-1-8(6-14)11(5-10)17-12(18)9-3-4-15-16-7-9/h1-5,7H,(H,17,18). The molecule has 0 saturated carbocycles. The van der Waals surface area contributed by atoms with Gasteiger partial charge in [0, 0.05) is 4.47 Å². The maximum Gasteiger partial charge on any atom is 0.257 e. The Morgan fingerprint density at radius 3 is 2.83 bits per heavy atom. The second-order valence-electron chi connectivity index (χ2n) is 3.39. The van der Waals surface area contributed by atoms with Crippen molar-refractivity contribution in [2.75, 3.05) is 5.32 Å². The number of nitrogens with zero attached hydrogens (tertiary/aromatic N) is 3. The fraction of sp³-hybridized carbons (Fsp3) is 0. The number of rotatable bonds is 2. The molecule has 0 saturated heterocycles. The van der Waals surface area contributed by atoms with Gasteiger partial charge in [0.15, 0.2) is 0 Å². The molecule has 5 nitrogen and oxygen atoms in total. The van der Waals surface area contributed by atoms with Crippen LogP contribution in [0.1, 0.15) is 15.9 Å². The Morgan fingerprint density at radius 2 is 2.17 bits per heavy atom. The van der Waals surface area contributed by atoms with Crippen LogP contribution in [0.15, 0.2) is 41.1 Å². The molecule has 0 aliphatic heterocycles. The van der Waals surface area contributed by atoms with Crippen molar-refractivity contribution in [2.45, 2.75) is 0 Å². The summed E-state index contributed by atoms with van der Waals surface area (Å²) in [6, 6.07) is 8.60. The SMILES string of the molecule is N#Cc1ccc(Br)cc1NC(=O)c1ccnnc1. The Hall–Kier alpha value is -2.26. The van der Waals surface area contributed by atoms with E-state index in [9.17, 15) is 4.79 Å². The zero-order valence-electron chi connectivity index (χ0n) is 9.09. The monoisotopic (exact) mass is 302 g/mol. The number of anilines is 1. The van der Waals surface area contributed by atoms with Gasteiger partial charge in [0.05, 0.1) is 29.2 Å². The van der Waals surface area contributed by atoms with Crippen molar-refractivity contribution in [3.05, 3.63) is 52.3 Å². The van der Waals surface area contributed by atoms with Crippen molar-refractivity contribution in [3.63, 3.8) is 0 Å². The molecule has 1 N–H and O–H groups in total. The van der Waals surface area contributed by atoms with Crippen molar-refractivity contribution < 1.29 is 4.79 Å². The van der Waals surface area contributed by atoms with Crippen molar-refractivity contribution >= 4 is 27.5 Å². The summed E-state index contributed by atoms with van der Waals surface area (Å²) < 4.78 is 0.782. The highest BCUT2D eigenvalue weighted by molar-refractivity contribution is 9.10. The maximum atomic E-state index is 11.9. The number of hydrogen-bond donors (Lipinski definition) is 1. The second kappa shape index (κ2) is 5.38. The summed E-state index contributed by atoms with van der Waals surface area (Å²) in [4.78, 5) is 11.9. The first-order valence-electron chi connectivity index (χ1n) is 4.98. The zero-order valence-corrected chi connectivity index (χ0v) is 10.7. The molecule has 0 atom stereocenters. The number of halogens is 1. The van der Waals surface area contributed by atoms with Crippen LogP contribution in [0, 0.1) is 11.3 Å². The average molecular weight is 303 g/mol. The van der Waals surface area contributed by atoms with E-state index in [2.05, 4.69) is 31.4 Å². The fourth-order valence-electron chi connectivity index (χ4n) is 1.34. The summed E-state index contributed by atoms with van der Waals surface area (Å²) >= 11 is 3.29. The summed E-state index contributed by atoms with van der Waals surface area (Å²) in [5.41, 5.74) is 1.23. The molecule has 1 aromatic heterocycles. The lowest BCUT2D eigenvalue weighted by Gasteiger charge is -2.07. The largest absolute Gasteiger partial charge is 0.321 e. The summed E-state index contributed by atoms with van der Waals surface area (Å²) in [6.07, 6.45) is 2.79. The molecular weight excluding hydrogens is 296 g/mol. The van der Waals surface area contributed by atoms with Gasteiger partial charge in [-0.05, 0) is 24.3 Å². The second-order valence-corrected chi connectivity index (χ2v) is 4.30. The molecule has 0 spiro atoms. The summed E-state index contributed by atoms with van der Waals surface area (Å²) in [7, 11) is 0. The first kappa shape index (κ1) is 12.2. The quantitative estimate of drug-likeness (QED) is 0.923. The Morgan fingerprint density at radius 1 is 1.33 bits per heavy atom. The van der Waals surface area contributed by atoms with Gasteiger partial charge < -0.3 is 5.32 Å². The van der Waals surface area contributed by atoms with E-state index in [1.165, 1.54) is 12.4 Å². The number of nitriles is 1. The molecule has 0 bridgehead atoms. The molecule has 0 unspecified atom stereocenters. The molecule has 2 rings (SSSR count). The number of aromatic nitrogens is 2. The van der Waals surface area contributed by atoms with Crippen LogP contribution >= 0.6 is 15.9 Å². The van der Waals surface area contributed by atoms with Gasteiger partial charge in [-0.15, -0.1) is 0 Å². The van der Waals surface area contributed by atoms with Gasteiger partial charge in [-0.3, -0.25) is 4.79 Å². The molecule has 0 aliphatic rings. The Kier molecular flexibility index (Phi) is 3.65. The Balaban J connectivity index is 2.28. The Bertz CT molecular complexity index is 622. The van der Waals surface area contributed by atoms with Crippen LogP contribution in [0.2, 0.25) is 0 Å². The zero-order chi connectivity index (χ0) is 13.0. The van der Waals surface area contributed by atoms with Gasteiger partial charge in [-0.2, -0.15) is 15.5 Å². The van der Waals surface area contributed by atoms with E-state index < -0.39 is 0 Å². The summed E-state index contributed by atoms with van der Waals surface area (Å²) in [5.74, 6) is -0.334. The van der Waals surface area contributed by atoms with Gasteiger partial charge in [0.25, 0.3) is 5.91 Å². The molecule has 1 amide bonds. The van der Waals surface area contributed by atoms with Crippen molar-refractivity contribution in [3.8, 4) is 6.07 Å². The lowest BCUT2D eigenvalue weighted by atomic mass is 10.2. The minimum absolute atomic E-state index is 0.334. The maximum absolute atomic E-state index is 11.9. The smallest absolute Gasteiger partial charge is 0.257 e. The third kappa shape index (κ3) is 2.70. The van der Waals surface area contributed by atoms with Crippen LogP contribution in [-0.2, 0) is 0 Å². The van der Waals surface area contributed by atoms with Crippen molar-refractivity contribution in [1.82, 2.24) is 10.2 Å². The molecule has 1 aromatic carbocycles. The molecule has 6 heteroatoms. The van der Waals surface area contributed by atoms with Gasteiger partial charge in [0.1, 0.15) is 6.07 Å². The van der Waals surface area contributed by atoms with E-state index in [1.807, 2.05) is 6.07 Å². The minimum atomic E-state index is -0.334. The van der Waals surface area contributed by atoms with E-state index in [0.717, 1.165) is 4.47 Å². The van der Waals surface area contributed by atoms with Crippen LogP contribution in [0.3, 0.4) is 0 Å². The lowest BCUT2D eigenvalue weighted by molar-refractivity contribution is 0.102. The summed E-state index contributed by atoms with van der Waals surface area (Å²) in [5, 5.41) is 18.8. The van der Waals surface area contributed by atoms with Gasteiger partial charge >= 0.3 is 0 Å². The topological polar surface area (TPSA) is 78.7 Å². The molecule has 18 heavy (non-hydrogen) atoms. The number of carbonyl (C=O) groups is 1. The van der Waals surface area contributed by atoms with Crippen molar-refractivity contribution in [1.29, 1.82) is 5.26 Å². The van der Waals surface area contributed by atoms with Crippen LogP contribution in [0.4, 0.5) is 5.69 Å². The number of carbonyl (C=O) groups excluding carboxylic acids is 1.